The lowest BCUT2D eigenvalue weighted by molar-refractivity contribution is 0.351. The van der Waals surface area contributed by atoms with Gasteiger partial charge in [0.2, 0.25) is 0 Å². The first kappa shape index (κ1) is 13.1. The normalized spacial score (nSPS) is 13.1. The van der Waals surface area contributed by atoms with E-state index in [1.165, 1.54) is 6.07 Å². The highest BCUT2D eigenvalue weighted by Gasteiger charge is 2.02. The number of hydrogen-bond donors (Lipinski definition) is 1. The van der Waals surface area contributed by atoms with Gasteiger partial charge in [-0.15, -0.1) is 0 Å². The van der Waals surface area contributed by atoms with E-state index in [2.05, 4.69) is 31.2 Å². The van der Waals surface area contributed by atoms with Crippen LogP contribution in [0.4, 0.5) is 4.39 Å². The Hall–Kier alpha value is -0.930. The maximum Gasteiger partial charge on any atom is 0.123 e. The van der Waals surface area contributed by atoms with E-state index < -0.39 is 0 Å². The van der Waals surface area contributed by atoms with Crippen LogP contribution < -0.4 is 5.32 Å². The van der Waals surface area contributed by atoms with Crippen LogP contribution in [0.15, 0.2) is 24.3 Å². The number of halogens is 1. The summed E-state index contributed by atoms with van der Waals surface area (Å²) in [5, 5.41) is 3.42. The molecule has 0 heterocycles. The molecule has 2 nitrogen and oxygen atoms in total. The summed E-state index contributed by atoms with van der Waals surface area (Å²) >= 11 is 0. The molecule has 16 heavy (non-hydrogen) atoms. The highest BCUT2D eigenvalue weighted by Crippen LogP contribution is 2.03. The molecular formula is C13H21FN2. The largest absolute Gasteiger partial charge is 0.313 e. The molecule has 0 radical (unpaired) electrons. The lowest BCUT2D eigenvalue weighted by atomic mass is 10.1. The molecule has 1 rings (SSSR count). The van der Waals surface area contributed by atoms with Crippen molar-refractivity contribution in [3.63, 3.8) is 0 Å². The minimum absolute atomic E-state index is 0.154. The van der Waals surface area contributed by atoms with E-state index in [0.29, 0.717) is 6.04 Å². The molecule has 0 amide bonds. The molecule has 0 saturated heterocycles. The quantitative estimate of drug-likeness (QED) is 0.794. The van der Waals surface area contributed by atoms with Crippen LogP contribution in [0, 0.1) is 5.82 Å². The van der Waals surface area contributed by atoms with Crippen molar-refractivity contribution in [2.24, 2.45) is 0 Å². The van der Waals surface area contributed by atoms with Gasteiger partial charge in [0.15, 0.2) is 0 Å². The van der Waals surface area contributed by atoms with Crippen molar-refractivity contribution in [2.75, 3.05) is 27.2 Å². The molecule has 0 bridgehead atoms. The molecule has 1 unspecified atom stereocenters. The number of nitrogens with one attached hydrogen (secondary N) is 1. The zero-order valence-electron chi connectivity index (χ0n) is 10.3. The minimum Gasteiger partial charge on any atom is -0.313 e. The Kier molecular flexibility index (Phi) is 5.43. The van der Waals surface area contributed by atoms with E-state index in [1.54, 1.807) is 12.1 Å². The predicted octanol–water partition coefficient (Wildman–Crippen LogP) is 1.91. The summed E-state index contributed by atoms with van der Waals surface area (Å²) in [6.07, 6.45) is 0.871. The third-order valence-electron chi connectivity index (χ3n) is 2.43. The first-order valence-corrected chi connectivity index (χ1v) is 5.70. The lowest BCUT2D eigenvalue weighted by Gasteiger charge is -2.18. The van der Waals surface area contributed by atoms with Gasteiger partial charge in [-0.2, -0.15) is 0 Å². The minimum atomic E-state index is -0.154. The van der Waals surface area contributed by atoms with Gasteiger partial charge >= 0.3 is 0 Å². The molecule has 1 N–H and O–H groups in total. The van der Waals surface area contributed by atoms with Crippen molar-refractivity contribution in [1.29, 1.82) is 0 Å². The molecule has 1 aromatic carbocycles. The molecule has 90 valence electrons. The second-order valence-corrected chi connectivity index (χ2v) is 4.50. The van der Waals surface area contributed by atoms with Crippen LogP contribution in [0.5, 0.6) is 0 Å². The molecule has 1 atom stereocenters. The van der Waals surface area contributed by atoms with E-state index in [9.17, 15) is 4.39 Å². The number of rotatable bonds is 6. The highest BCUT2D eigenvalue weighted by molar-refractivity contribution is 5.16. The Labute approximate surface area is 97.5 Å². The average Bonchev–Trinajstić information content (AvgIpc) is 2.16. The molecule has 0 fully saturated rings. The third kappa shape index (κ3) is 5.24. The first-order chi connectivity index (χ1) is 7.58. The second kappa shape index (κ2) is 6.61. The molecule has 3 heteroatoms. The number of hydrogen-bond acceptors (Lipinski definition) is 2. The van der Waals surface area contributed by atoms with Crippen LogP contribution >= 0.6 is 0 Å². The predicted molar refractivity (Wildman–Crippen MR) is 66.1 cm³/mol. The maximum atomic E-state index is 12.9. The maximum absolute atomic E-state index is 12.9. The molecule has 1 aromatic rings. The Morgan fingerprint density at radius 1 is 1.38 bits per heavy atom. The molecule has 0 saturated carbocycles. The van der Waals surface area contributed by atoms with Crippen molar-refractivity contribution in [2.45, 2.75) is 19.4 Å². The number of likely N-dealkylation sites (N-methyl/N-ethyl adjacent to an activating group) is 1. The summed E-state index contributed by atoms with van der Waals surface area (Å²) in [5.41, 5.74) is 1.05. The Bertz CT molecular complexity index is 313. The van der Waals surface area contributed by atoms with Gasteiger partial charge in [-0.3, -0.25) is 0 Å². The fourth-order valence-electron chi connectivity index (χ4n) is 1.77. The first-order valence-electron chi connectivity index (χ1n) is 5.70. The van der Waals surface area contributed by atoms with Crippen LogP contribution in [0.2, 0.25) is 0 Å². The molecule has 0 aromatic heterocycles. The molecule has 0 spiro atoms. The van der Waals surface area contributed by atoms with Gasteiger partial charge in [-0.25, -0.2) is 4.39 Å². The smallest absolute Gasteiger partial charge is 0.123 e. The Balaban J connectivity index is 2.25. The van der Waals surface area contributed by atoms with Crippen molar-refractivity contribution in [3.05, 3.63) is 35.6 Å². The Morgan fingerprint density at radius 2 is 2.12 bits per heavy atom. The van der Waals surface area contributed by atoms with E-state index >= 15 is 0 Å². The zero-order chi connectivity index (χ0) is 12.0. The van der Waals surface area contributed by atoms with Gasteiger partial charge in [0.05, 0.1) is 0 Å². The average molecular weight is 224 g/mol. The van der Waals surface area contributed by atoms with E-state index in [4.69, 9.17) is 0 Å². The summed E-state index contributed by atoms with van der Waals surface area (Å²) in [6.45, 7) is 4.06. The number of benzene rings is 1. The van der Waals surface area contributed by atoms with Gasteiger partial charge in [0, 0.05) is 12.6 Å². The van der Waals surface area contributed by atoms with Crippen molar-refractivity contribution in [1.82, 2.24) is 10.2 Å². The van der Waals surface area contributed by atoms with Gasteiger partial charge < -0.3 is 10.2 Å². The lowest BCUT2D eigenvalue weighted by Crippen LogP contribution is -2.36. The van der Waals surface area contributed by atoms with Crippen LogP contribution in [0.25, 0.3) is 0 Å². The number of nitrogens with zero attached hydrogens (tertiary/aromatic N) is 1. The van der Waals surface area contributed by atoms with Gasteiger partial charge in [-0.1, -0.05) is 12.1 Å². The van der Waals surface area contributed by atoms with Crippen LogP contribution in [0.1, 0.15) is 12.5 Å². The van der Waals surface area contributed by atoms with Crippen molar-refractivity contribution < 1.29 is 4.39 Å². The summed E-state index contributed by atoms with van der Waals surface area (Å²) in [4.78, 5) is 2.15. The van der Waals surface area contributed by atoms with E-state index in [1.807, 2.05) is 6.07 Å². The monoisotopic (exact) mass is 224 g/mol. The molecule has 0 aliphatic rings. The molecular weight excluding hydrogens is 203 g/mol. The van der Waals surface area contributed by atoms with Gasteiger partial charge in [0.1, 0.15) is 5.82 Å². The topological polar surface area (TPSA) is 15.3 Å². The van der Waals surface area contributed by atoms with Crippen molar-refractivity contribution in [3.8, 4) is 0 Å². The fraction of sp³-hybridized carbons (Fsp3) is 0.538. The van der Waals surface area contributed by atoms with E-state index in [-0.39, 0.29) is 5.82 Å². The van der Waals surface area contributed by atoms with Gasteiger partial charge in [0.25, 0.3) is 0 Å². The molecule has 0 aliphatic heterocycles. The Morgan fingerprint density at radius 3 is 2.75 bits per heavy atom. The second-order valence-electron chi connectivity index (χ2n) is 4.50. The van der Waals surface area contributed by atoms with Crippen LogP contribution in [-0.4, -0.2) is 38.1 Å². The summed E-state index contributed by atoms with van der Waals surface area (Å²) < 4.78 is 12.9. The standard InChI is InChI=1S/C13H21FN2/c1-11(10-16(2)3)15-8-7-12-5-4-6-13(14)9-12/h4-6,9,11,15H,7-8,10H2,1-3H3. The van der Waals surface area contributed by atoms with Crippen LogP contribution in [0.3, 0.4) is 0 Å². The SMILES string of the molecule is CC(CN(C)C)NCCc1cccc(F)c1. The summed E-state index contributed by atoms with van der Waals surface area (Å²) in [6, 6.07) is 7.25. The van der Waals surface area contributed by atoms with Crippen molar-refractivity contribution >= 4 is 0 Å². The summed E-state index contributed by atoms with van der Waals surface area (Å²) in [7, 11) is 4.12. The van der Waals surface area contributed by atoms with Crippen LogP contribution in [-0.2, 0) is 6.42 Å². The van der Waals surface area contributed by atoms with E-state index in [0.717, 1.165) is 25.1 Å². The fourth-order valence-corrected chi connectivity index (χ4v) is 1.77. The molecule has 0 aliphatic carbocycles. The zero-order valence-corrected chi connectivity index (χ0v) is 10.3. The third-order valence-corrected chi connectivity index (χ3v) is 2.43. The van der Waals surface area contributed by atoms with Gasteiger partial charge in [-0.05, 0) is 51.7 Å². The highest BCUT2D eigenvalue weighted by atomic mass is 19.1. The summed E-state index contributed by atoms with van der Waals surface area (Å²) in [5.74, 6) is -0.154.